The lowest BCUT2D eigenvalue weighted by Gasteiger charge is -2.09. The van der Waals surface area contributed by atoms with Gasteiger partial charge >= 0.3 is 0 Å². The molecule has 186 valence electrons. The maximum Gasteiger partial charge on any atom is 0.258 e. The zero-order valence-corrected chi connectivity index (χ0v) is 20.7. The maximum absolute atomic E-state index is 12.8. The molecule has 0 aliphatic carbocycles. The van der Waals surface area contributed by atoms with Gasteiger partial charge in [0, 0.05) is 40.3 Å². The summed E-state index contributed by atoms with van der Waals surface area (Å²) >= 11 is 0. The fourth-order valence-electron chi connectivity index (χ4n) is 4.19. The van der Waals surface area contributed by atoms with Crippen LogP contribution in [0.25, 0.3) is 16.7 Å². The number of nitrogen functional groups attached to an aromatic ring is 1. The van der Waals surface area contributed by atoms with E-state index in [4.69, 9.17) is 16.2 Å². The van der Waals surface area contributed by atoms with Gasteiger partial charge in [-0.3, -0.25) is 9.79 Å². The number of hydrogen-bond acceptors (Lipinski definition) is 7. The van der Waals surface area contributed by atoms with Gasteiger partial charge in [-0.1, -0.05) is 24.3 Å². The number of amides is 1. The average molecular weight is 493 g/mol. The van der Waals surface area contributed by atoms with E-state index in [1.807, 2.05) is 61.5 Å². The Balaban J connectivity index is 1.46. The van der Waals surface area contributed by atoms with Crippen LogP contribution in [0.15, 0.2) is 77.3 Å². The molecule has 1 unspecified atom stereocenters. The highest BCUT2D eigenvalue weighted by molar-refractivity contribution is 6.17. The number of carbonyl (C=O) groups excluding carboxylic acids is 1. The Kier molecular flexibility index (Phi) is 6.51. The number of carbonyl (C=O) groups is 1. The Morgan fingerprint density at radius 3 is 2.81 bits per heavy atom. The van der Waals surface area contributed by atoms with Crippen molar-refractivity contribution in [3.8, 4) is 5.82 Å². The number of nitrogens with two attached hydrogens (primary N) is 1. The quantitative estimate of drug-likeness (QED) is 0.215. The van der Waals surface area contributed by atoms with Gasteiger partial charge in [-0.05, 0) is 69.2 Å². The van der Waals surface area contributed by atoms with Gasteiger partial charge in [0.15, 0.2) is 11.6 Å². The average Bonchev–Trinajstić information content (AvgIpc) is 3.10. The summed E-state index contributed by atoms with van der Waals surface area (Å²) in [6.45, 7) is 3.74. The summed E-state index contributed by atoms with van der Waals surface area (Å²) in [4.78, 5) is 21.9. The molecule has 0 fully saturated rings. The topological polar surface area (TPSA) is 134 Å². The number of aliphatic imine (C=N–C) groups is 1. The molecule has 0 spiro atoms. The summed E-state index contributed by atoms with van der Waals surface area (Å²) in [5.74, 6) is 1.38. The van der Waals surface area contributed by atoms with Crippen molar-refractivity contribution in [1.29, 1.82) is 5.41 Å². The van der Waals surface area contributed by atoms with Gasteiger partial charge in [0.2, 0.25) is 0 Å². The third-order valence-corrected chi connectivity index (χ3v) is 6.18. The minimum atomic E-state index is -0.240. The molecule has 5 rings (SSSR count). The van der Waals surface area contributed by atoms with Crippen LogP contribution >= 0.6 is 0 Å². The Morgan fingerprint density at radius 2 is 1.97 bits per heavy atom. The Bertz CT molecular complexity index is 1570. The van der Waals surface area contributed by atoms with Crippen molar-refractivity contribution in [3.05, 3.63) is 77.9 Å². The highest BCUT2D eigenvalue weighted by Crippen LogP contribution is 2.29. The molecule has 9 heteroatoms. The van der Waals surface area contributed by atoms with E-state index in [2.05, 4.69) is 20.6 Å². The smallest absolute Gasteiger partial charge is 0.258 e. The van der Waals surface area contributed by atoms with Crippen molar-refractivity contribution >= 4 is 51.7 Å². The molecule has 1 amide bonds. The number of rotatable bonds is 6. The van der Waals surface area contributed by atoms with Crippen LogP contribution in [0.4, 0.5) is 23.0 Å². The minimum Gasteiger partial charge on any atom is -0.398 e. The Labute approximate surface area is 214 Å². The fraction of sp³-hybridized carbons (Fsp3) is 0.179. The zero-order chi connectivity index (χ0) is 25.9. The lowest BCUT2D eigenvalue weighted by molar-refractivity contribution is -0.112. The molecular formula is C28H28N8O. The lowest BCUT2D eigenvalue weighted by atomic mass is 10.1. The molecule has 2 aromatic heterocycles. The van der Waals surface area contributed by atoms with Crippen molar-refractivity contribution in [2.24, 2.45) is 4.99 Å². The van der Waals surface area contributed by atoms with E-state index < -0.39 is 0 Å². The van der Waals surface area contributed by atoms with Crippen LogP contribution in [-0.2, 0) is 4.79 Å². The monoisotopic (exact) mass is 492 g/mol. The number of nitrogens with zero attached hydrogens (tertiary/aromatic N) is 4. The van der Waals surface area contributed by atoms with Crippen LogP contribution in [0.1, 0.15) is 32.3 Å². The summed E-state index contributed by atoms with van der Waals surface area (Å²) in [5, 5.41) is 19.9. The van der Waals surface area contributed by atoms with Gasteiger partial charge in [-0.15, -0.1) is 5.10 Å². The molecule has 1 aliphatic rings. The van der Waals surface area contributed by atoms with Crippen LogP contribution in [0.3, 0.4) is 0 Å². The van der Waals surface area contributed by atoms with E-state index in [0.29, 0.717) is 40.0 Å². The minimum absolute atomic E-state index is 0.202. The molecule has 0 saturated carbocycles. The second kappa shape index (κ2) is 10.1. The summed E-state index contributed by atoms with van der Waals surface area (Å²) in [7, 11) is 0. The molecule has 5 N–H and O–H groups in total. The molecular weight excluding hydrogens is 464 g/mol. The number of fused-ring (bicyclic) bond motifs is 1. The predicted octanol–water partition coefficient (Wildman–Crippen LogP) is 5.25. The number of hydrogen-bond donors (Lipinski definition) is 4. The van der Waals surface area contributed by atoms with E-state index in [9.17, 15) is 4.79 Å². The fourth-order valence-corrected chi connectivity index (χ4v) is 4.19. The number of aromatic nitrogens is 3. The molecule has 4 aromatic rings. The predicted molar refractivity (Wildman–Crippen MR) is 149 cm³/mol. The van der Waals surface area contributed by atoms with E-state index >= 15 is 0 Å². The number of nitrogens with one attached hydrogen (secondary N) is 3. The van der Waals surface area contributed by atoms with E-state index in [1.165, 1.54) is 0 Å². The van der Waals surface area contributed by atoms with Gasteiger partial charge < -0.3 is 21.8 Å². The van der Waals surface area contributed by atoms with Crippen LogP contribution in [0, 0.1) is 5.41 Å². The van der Waals surface area contributed by atoms with Crippen molar-refractivity contribution in [2.45, 2.75) is 32.7 Å². The number of allylic oxidation sites excluding steroid dienone is 1. The highest BCUT2D eigenvalue weighted by atomic mass is 16.1. The second-order valence-electron chi connectivity index (χ2n) is 9.03. The Morgan fingerprint density at radius 1 is 1.14 bits per heavy atom. The van der Waals surface area contributed by atoms with Gasteiger partial charge in [0.25, 0.3) is 5.91 Å². The number of benzene rings is 2. The van der Waals surface area contributed by atoms with Crippen molar-refractivity contribution < 1.29 is 4.79 Å². The first kappa shape index (κ1) is 23.9. The molecule has 3 heterocycles. The molecule has 2 aromatic carbocycles. The molecule has 0 radical (unpaired) electrons. The first-order valence-corrected chi connectivity index (χ1v) is 12.1. The summed E-state index contributed by atoms with van der Waals surface area (Å²) in [5.41, 5.74) is 9.80. The van der Waals surface area contributed by atoms with E-state index in [1.54, 1.807) is 30.0 Å². The van der Waals surface area contributed by atoms with Crippen molar-refractivity contribution in [2.75, 3.05) is 16.4 Å². The third-order valence-electron chi connectivity index (χ3n) is 6.18. The second-order valence-corrected chi connectivity index (χ2v) is 9.03. The zero-order valence-electron chi connectivity index (χ0n) is 20.7. The lowest BCUT2D eigenvalue weighted by Crippen LogP contribution is -2.16. The first-order valence-electron chi connectivity index (χ1n) is 12.1. The van der Waals surface area contributed by atoms with Gasteiger partial charge in [-0.2, -0.15) is 0 Å². The van der Waals surface area contributed by atoms with Crippen molar-refractivity contribution in [3.63, 3.8) is 0 Å². The molecule has 1 atom stereocenters. The number of pyridine rings is 1. The summed E-state index contributed by atoms with van der Waals surface area (Å²) in [6.07, 6.45) is 5.27. The molecule has 37 heavy (non-hydrogen) atoms. The van der Waals surface area contributed by atoms with E-state index in [-0.39, 0.29) is 11.9 Å². The van der Waals surface area contributed by atoms with Gasteiger partial charge in [-0.25, -0.2) is 9.67 Å². The number of para-hydroxylation sites is 1. The maximum atomic E-state index is 12.8. The van der Waals surface area contributed by atoms with E-state index in [0.717, 1.165) is 29.4 Å². The molecule has 0 bridgehead atoms. The first-order chi connectivity index (χ1) is 17.9. The SMILES string of the molecule is CC(=N)c1cc(Nc2nn(-c3cccc(NC(=O)C4=CCCC(C)N=C4)n3)c3ccccc23)ccc1N. The number of anilines is 4. The van der Waals surface area contributed by atoms with Crippen LogP contribution in [0.2, 0.25) is 0 Å². The highest BCUT2D eigenvalue weighted by Gasteiger charge is 2.16. The van der Waals surface area contributed by atoms with Crippen LogP contribution in [0.5, 0.6) is 0 Å². The third kappa shape index (κ3) is 5.11. The largest absolute Gasteiger partial charge is 0.398 e. The van der Waals surface area contributed by atoms with Crippen LogP contribution in [-0.4, -0.2) is 38.6 Å². The van der Waals surface area contributed by atoms with Gasteiger partial charge in [0.05, 0.1) is 11.1 Å². The van der Waals surface area contributed by atoms with Crippen LogP contribution < -0.4 is 16.4 Å². The Hall–Kier alpha value is -4.79. The summed E-state index contributed by atoms with van der Waals surface area (Å²) < 4.78 is 1.74. The standard InChI is InChI=1S/C28H28N8O/c1-17-7-5-8-19(16-31-17)28(37)34-25-11-6-12-26(33-25)36-24-10-4-3-9-21(24)27(35-36)32-20-13-14-23(30)22(15-20)18(2)29/h3-4,6,8-17,29H,5,7,30H2,1-2H3,(H,32,35)(H,33,34,37). The normalized spacial score (nSPS) is 15.2. The van der Waals surface area contributed by atoms with Gasteiger partial charge in [0.1, 0.15) is 5.82 Å². The molecule has 1 aliphatic heterocycles. The molecule has 9 nitrogen and oxygen atoms in total. The van der Waals surface area contributed by atoms with Crippen molar-refractivity contribution in [1.82, 2.24) is 14.8 Å². The summed E-state index contributed by atoms with van der Waals surface area (Å²) in [6, 6.07) is 18.9. The molecule has 0 saturated heterocycles.